The van der Waals surface area contributed by atoms with Gasteiger partial charge < -0.3 is 0 Å². The molecule has 6 nitrogen and oxygen atoms in total. The summed E-state index contributed by atoms with van der Waals surface area (Å²) in [4.78, 5) is 19.6. The molecule has 0 saturated heterocycles. The van der Waals surface area contributed by atoms with Crippen molar-refractivity contribution in [3.8, 4) is 22.4 Å². The van der Waals surface area contributed by atoms with Crippen LogP contribution in [0.15, 0.2) is 73.1 Å². The lowest BCUT2D eigenvalue weighted by Crippen LogP contribution is -1.97. The van der Waals surface area contributed by atoms with E-state index in [2.05, 4.69) is 9.97 Å². The first-order valence-electron chi connectivity index (χ1n) is 8.98. The van der Waals surface area contributed by atoms with Crippen molar-refractivity contribution in [2.45, 2.75) is 0 Å². The molecule has 0 aliphatic rings. The fraction of sp³-hybridized carbons (Fsp3) is 0. The van der Waals surface area contributed by atoms with Crippen molar-refractivity contribution in [2.75, 3.05) is 0 Å². The van der Waals surface area contributed by atoms with Gasteiger partial charge in [0.25, 0.3) is 5.69 Å². The molecular weight excluding hydrogens is 407 g/mol. The quantitative estimate of drug-likeness (QED) is 0.269. The van der Waals surface area contributed by atoms with Crippen LogP contribution in [0.3, 0.4) is 0 Å². The highest BCUT2D eigenvalue weighted by Gasteiger charge is 2.17. The number of fused-ring (bicyclic) bond motifs is 3. The van der Waals surface area contributed by atoms with Gasteiger partial charge in [0.15, 0.2) is 0 Å². The van der Waals surface area contributed by atoms with Crippen LogP contribution >= 0.6 is 11.6 Å². The van der Waals surface area contributed by atoms with Crippen LogP contribution in [0.2, 0.25) is 5.02 Å². The highest BCUT2D eigenvalue weighted by atomic mass is 35.5. The molecule has 146 valence electrons. The van der Waals surface area contributed by atoms with E-state index in [4.69, 9.17) is 11.6 Å². The molecule has 0 saturated carbocycles. The highest BCUT2D eigenvalue weighted by molar-refractivity contribution is 6.33. The molecule has 0 unspecified atom stereocenters. The summed E-state index contributed by atoms with van der Waals surface area (Å²) in [6.07, 6.45) is 3.37. The Morgan fingerprint density at radius 1 is 0.967 bits per heavy atom. The largest absolute Gasteiger partial charge is 0.276 e. The summed E-state index contributed by atoms with van der Waals surface area (Å²) in [5.74, 6) is -0.419. The molecule has 3 aromatic heterocycles. The summed E-state index contributed by atoms with van der Waals surface area (Å²) in [6.45, 7) is 0. The van der Waals surface area contributed by atoms with Gasteiger partial charge in [-0.3, -0.25) is 14.5 Å². The summed E-state index contributed by atoms with van der Waals surface area (Å²) in [6, 6.07) is 16.2. The molecule has 5 rings (SSSR count). The first-order chi connectivity index (χ1) is 14.5. The molecule has 0 aliphatic heterocycles. The molecule has 0 spiro atoms. The molecule has 0 radical (unpaired) electrons. The van der Waals surface area contributed by atoms with Crippen molar-refractivity contribution in [1.82, 2.24) is 14.4 Å². The van der Waals surface area contributed by atoms with Crippen molar-refractivity contribution >= 4 is 34.0 Å². The van der Waals surface area contributed by atoms with E-state index in [0.717, 1.165) is 22.2 Å². The maximum Gasteiger partial charge on any atom is 0.269 e. The number of benzene rings is 2. The Hall–Kier alpha value is -3.84. The van der Waals surface area contributed by atoms with Crippen LogP contribution < -0.4 is 0 Å². The highest BCUT2D eigenvalue weighted by Crippen LogP contribution is 2.36. The predicted molar refractivity (Wildman–Crippen MR) is 113 cm³/mol. The Morgan fingerprint density at radius 2 is 1.77 bits per heavy atom. The maximum atomic E-state index is 13.6. The van der Waals surface area contributed by atoms with Gasteiger partial charge in [0, 0.05) is 40.4 Å². The first-order valence-corrected chi connectivity index (χ1v) is 9.36. The SMILES string of the molecule is O=[N+]([O-])c1ccc(-c2cnc3c(-c4ccc(F)cc4Cl)cc4cccnc4n23)cc1. The summed E-state index contributed by atoms with van der Waals surface area (Å²) in [5.41, 5.74) is 4.15. The van der Waals surface area contributed by atoms with Gasteiger partial charge in [-0.05, 0) is 48.5 Å². The number of nitro benzene ring substituents is 1. The number of halogens is 2. The lowest BCUT2D eigenvalue weighted by molar-refractivity contribution is -0.384. The minimum atomic E-state index is -0.441. The Balaban J connectivity index is 1.83. The monoisotopic (exact) mass is 418 g/mol. The van der Waals surface area contributed by atoms with Crippen LogP contribution in [-0.2, 0) is 0 Å². The molecule has 0 aliphatic carbocycles. The standard InChI is InChI=1S/C22H12ClFN4O2/c23-19-11-15(24)5-8-17(19)18-10-14-2-1-9-25-21(14)27-20(12-26-22(18)27)13-3-6-16(7-4-13)28(29)30/h1-12H. The number of imidazole rings is 1. The summed E-state index contributed by atoms with van der Waals surface area (Å²) in [7, 11) is 0. The summed E-state index contributed by atoms with van der Waals surface area (Å²) >= 11 is 6.33. The fourth-order valence-corrected chi connectivity index (χ4v) is 3.82. The number of nitrogens with zero attached hydrogens (tertiary/aromatic N) is 4. The summed E-state index contributed by atoms with van der Waals surface area (Å²) in [5, 5.41) is 12.1. The molecule has 0 fully saturated rings. The number of non-ortho nitro benzene ring substituents is 1. The summed E-state index contributed by atoms with van der Waals surface area (Å²) < 4.78 is 15.5. The number of pyridine rings is 2. The molecule has 0 bridgehead atoms. The van der Waals surface area contributed by atoms with E-state index in [1.165, 1.54) is 24.3 Å². The van der Waals surface area contributed by atoms with E-state index in [1.807, 2.05) is 22.6 Å². The molecule has 0 N–H and O–H groups in total. The Kier molecular flexibility index (Phi) is 4.18. The first kappa shape index (κ1) is 18.2. The van der Waals surface area contributed by atoms with Crippen molar-refractivity contribution in [3.05, 3.63) is 94.0 Å². The third-order valence-corrected chi connectivity index (χ3v) is 5.24. The van der Waals surface area contributed by atoms with Crippen LogP contribution in [-0.4, -0.2) is 19.3 Å². The van der Waals surface area contributed by atoms with Gasteiger partial charge in [0.05, 0.1) is 21.8 Å². The average molecular weight is 419 g/mol. The molecule has 5 aromatic rings. The van der Waals surface area contributed by atoms with Crippen LogP contribution in [0.4, 0.5) is 10.1 Å². The maximum absolute atomic E-state index is 13.6. The van der Waals surface area contributed by atoms with Crippen LogP contribution in [0.5, 0.6) is 0 Å². The molecule has 30 heavy (non-hydrogen) atoms. The van der Waals surface area contributed by atoms with Crippen molar-refractivity contribution in [3.63, 3.8) is 0 Å². The van der Waals surface area contributed by atoms with Crippen LogP contribution in [0.25, 0.3) is 39.1 Å². The smallest absolute Gasteiger partial charge is 0.269 e. The molecule has 8 heteroatoms. The number of aromatic nitrogens is 3. The zero-order valence-corrected chi connectivity index (χ0v) is 16.0. The molecule has 0 atom stereocenters. The number of hydrogen-bond donors (Lipinski definition) is 0. The normalized spacial score (nSPS) is 11.3. The minimum Gasteiger partial charge on any atom is -0.276 e. The number of nitro groups is 1. The second-order valence-electron chi connectivity index (χ2n) is 6.70. The van der Waals surface area contributed by atoms with Gasteiger partial charge in [-0.25, -0.2) is 14.4 Å². The lowest BCUT2D eigenvalue weighted by Gasteiger charge is -2.11. The topological polar surface area (TPSA) is 73.3 Å². The molecule has 2 aromatic carbocycles. The number of hydrogen-bond acceptors (Lipinski definition) is 4. The van der Waals surface area contributed by atoms with Crippen molar-refractivity contribution < 1.29 is 9.31 Å². The van der Waals surface area contributed by atoms with Gasteiger partial charge in [-0.2, -0.15) is 0 Å². The third kappa shape index (κ3) is 2.87. The average Bonchev–Trinajstić information content (AvgIpc) is 3.19. The minimum absolute atomic E-state index is 0.00865. The van der Waals surface area contributed by atoms with Crippen LogP contribution in [0.1, 0.15) is 0 Å². The van der Waals surface area contributed by atoms with E-state index in [9.17, 15) is 14.5 Å². The fourth-order valence-electron chi connectivity index (χ4n) is 3.55. The molecule has 3 heterocycles. The molecular formula is C22H12ClFN4O2. The van der Waals surface area contributed by atoms with Gasteiger partial charge in [-0.1, -0.05) is 11.6 Å². The van der Waals surface area contributed by atoms with Gasteiger partial charge in [0.2, 0.25) is 0 Å². The number of rotatable bonds is 3. The second-order valence-corrected chi connectivity index (χ2v) is 7.11. The predicted octanol–water partition coefficient (Wildman–Crippen LogP) is 5.92. The van der Waals surface area contributed by atoms with E-state index >= 15 is 0 Å². The Morgan fingerprint density at radius 3 is 2.50 bits per heavy atom. The lowest BCUT2D eigenvalue weighted by atomic mass is 10.0. The van der Waals surface area contributed by atoms with E-state index in [1.54, 1.807) is 30.6 Å². The Labute approximate surface area is 174 Å². The van der Waals surface area contributed by atoms with Gasteiger partial charge >= 0.3 is 0 Å². The third-order valence-electron chi connectivity index (χ3n) is 4.93. The van der Waals surface area contributed by atoms with E-state index in [0.29, 0.717) is 16.9 Å². The van der Waals surface area contributed by atoms with E-state index in [-0.39, 0.29) is 10.7 Å². The van der Waals surface area contributed by atoms with Crippen molar-refractivity contribution in [2.24, 2.45) is 0 Å². The van der Waals surface area contributed by atoms with Gasteiger partial charge in [0.1, 0.15) is 17.1 Å². The van der Waals surface area contributed by atoms with E-state index < -0.39 is 10.7 Å². The second kappa shape index (κ2) is 6.89. The zero-order chi connectivity index (χ0) is 20.8. The van der Waals surface area contributed by atoms with Crippen molar-refractivity contribution in [1.29, 1.82) is 0 Å². The van der Waals surface area contributed by atoms with Crippen LogP contribution in [0, 0.1) is 15.9 Å². The zero-order valence-electron chi connectivity index (χ0n) is 15.3. The Bertz CT molecular complexity index is 1450. The molecule has 0 amide bonds. The van der Waals surface area contributed by atoms with Gasteiger partial charge in [-0.15, -0.1) is 0 Å².